The predicted octanol–water partition coefficient (Wildman–Crippen LogP) is 2.91. The van der Waals surface area contributed by atoms with Crippen LogP contribution < -0.4 is 4.74 Å². The highest BCUT2D eigenvalue weighted by atomic mass is 32.1. The lowest BCUT2D eigenvalue weighted by Gasteiger charge is -2.38. The summed E-state index contributed by atoms with van der Waals surface area (Å²) >= 11 is 4.66. The van der Waals surface area contributed by atoms with Crippen LogP contribution >= 0.6 is 12.6 Å². The van der Waals surface area contributed by atoms with Crippen LogP contribution in [0, 0.1) is 0 Å². The Balaban J connectivity index is 2.00. The highest BCUT2D eigenvalue weighted by Gasteiger charge is 2.29. The molecule has 1 aromatic carbocycles. The fraction of sp³-hybridized carbons (Fsp3) is 0.588. The van der Waals surface area contributed by atoms with Crippen LogP contribution in [0.1, 0.15) is 31.2 Å². The molecule has 4 nitrogen and oxygen atoms in total. The van der Waals surface area contributed by atoms with Gasteiger partial charge in [-0.05, 0) is 37.1 Å². The van der Waals surface area contributed by atoms with Gasteiger partial charge in [0.1, 0.15) is 5.75 Å². The zero-order valence-corrected chi connectivity index (χ0v) is 14.2. The number of carbonyl (C=O) groups excluding carboxylic acids is 1. The number of rotatable bonds is 6. The molecule has 1 saturated heterocycles. The second-order valence-electron chi connectivity index (χ2n) is 5.73. The number of carbonyl (C=O) groups is 1. The smallest absolute Gasteiger partial charge is 0.306 e. The van der Waals surface area contributed by atoms with E-state index in [1.165, 1.54) is 25.5 Å². The van der Waals surface area contributed by atoms with Crippen LogP contribution in [0.4, 0.5) is 0 Å². The standard InChI is InChI=1S/C17H25NO3S/c1-20-14-8-6-13(7-9-14)12-18-10-4-3-5-15(18)16(22)11-17(19)21-2/h6-9,15-16,22H,3-5,10-12H2,1-2H3. The topological polar surface area (TPSA) is 38.8 Å². The molecule has 0 radical (unpaired) electrons. The van der Waals surface area contributed by atoms with Crippen molar-refractivity contribution in [2.24, 2.45) is 0 Å². The normalized spacial score (nSPS) is 20.4. The van der Waals surface area contributed by atoms with Crippen LogP contribution in [0.2, 0.25) is 0 Å². The molecule has 5 heteroatoms. The van der Waals surface area contributed by atoms with E-state index in [0.717, 1.165) is 25.3 Å². The Morgan fingerprint density at radius 3 is 2.68 bits per heavy atom. The molecule has 0 aromatic heterocycles. The maximum absolute atomic E-state index is 11.5. The second-order valence-corrected chi connectivity index (χ2v) is 6.39. The Kier molecular flexibility index (Phi) is 6.58. The molecule has 1 aromatic rings. The second kappa shape index (κ2) is 8.44. The largest absolute Gasteiger partial charge is 0.497 e. The number of hydrogen-bond donors (Lipinski definition) is 1. The van der Waals surface area contributed by atoms with Crippen molar-refractivity contribution in [3.63, 3.8) is 0 Å². The van der Waals surface area contributed by atoms with Crippen LogP contribution in [-0.4, -0.2) is 42.9 Å². The number of thiol groups is 1. The number of esters is 1. The van der Waals surface area contributed by atoms with E-state index in [0.29, 0.717) is 12.5 Å². The van der Waals surface area contributed by atoms with Gasteiger partial charge >= 0.3 is 5.97 Å². The summed E-state index contributed by atoms with van der Waals surface area (Å²) < 4.78 is 9.97. The van der Waals surface area contributed by atoms with Gasteiger partial charge in [0.2, 0.25) is 0 Å². The SMILES string of the molecule is COC(=O)CC(S)C1CCCCN1Cc1ccc(OC)cc1. The first kappa shape index (κ1) is 17.2. The van der Waals surface area contributed by atoms with E-state index in [9.17, 15) is 4.79 Å². The van der Waals surface area contributed by atoms with E-state index in [1.54, 1.807) is 7.11 Å². The summed E-state index contributed by atoms with van der Waals surface area (Å²) in [6, 6.07) is 8.48. The molecule has 0 spiro atoms. The minimum atomic E-state index is -0.185. The zero-order chi connectivity index (χ0) is 15.9. The van der Waals surface area contributed by atoms with Gasteiger partial charge in [-0.2, -0.15) is 12.6 Å². The van der Waals surface area contributed by atoms with Crippen molar-refractivity contribution in [2.45, 2.75) is 43.5 Å². The maximum Gasteiger partial charge on any atom is 0.306 e. The first-order chi connectivity index (χ1) is 10.6. The van der Waals surface area contributed by atoms with Gasteiger partial charge in [-0.25, -0.2) is 0 Å². The lowest BCUT2D eigenvalue weighted by atomic mass is 9.96. The molecule has 2 rings (SSSR count). The first-order valence-electron chi connectivity index (χ1n) is 7.76. The molecule has 122 valence electrons. The van der Waals surface area contributed by atoms with Crippen LogP contribution in [0.25, 0.3) is 0 Å². The summed E-state index contributed by atoms with van der Waals surface area (Å²) in [5.41, 5.74) is 1.26. The summed E-state index contributed by atoms with van der Waals surface area (Å²) in [4.78, 5) is 13.9. The molecule has 2 unspecified atom stereocenters. The Morgan fingerprint density at radius 2 is 2.05 bits per heavy atom. The third kappa shape index (κ3) is 4.65. The number of benzene rings is 1. The Bertz CT molecular complexity index is 477. The van der Waals surface area contributed by atoms with Crippen molar-refractivity contribution in [3.05, 3.63) is 29.8 Å². The molecular formula is C17H25NO3S. The summed E-state index contributed by atoms with van der Waals surface area (Å²) in [7, 11) is 3.10. The van der Waals surface area contributed by atoms with E-state index in [2.05, 4.69) is 29.7 Å². The minimum Gasteiger partial charge on any atom is -0.497 e. The maximum atomic E-state index is 11.5. The van der Waals surface area contributed by atoms with Crippen LogP contribution in [0.3, 0.4) is 0 Å². The molecule has 1 aliphatic rings. The highest BCUT2D eigenvalue weighted by molar-refractivity contribution is 7.81. The van der Waals surface area contributed by atoms with Gasteiger partial charge in [0.15, 0.2) is 0 Å². The van der Waals surface area contributed by atoms with Gasteiger partial charge in [0.25, 0.3) is 0 Å². The van der Waals surface area contributed by atoms with Gasteiger partial charge in [-0.15, -0.1) is 0 Å². The van der Waals surface area contributed by atoms with Gasteiger partial charge in [0, 0.05) is 17.8 Å². The lowest BCUT2D eigenvalue weighted by Crippen LogP contribution is -2.45. The van der Waals surface area contributed by atoms with Crippen molar-refractivity contribution in [3.8, 4) is 5.75 Å². The fourth-order valence-corrected chi connectivity index (χ4v) is 3.49. The van der Waals surface area contributed by atoms with Crippen molar-refractivity contribution < 1.29 is 14.3 Å². The molecule has 0 saturated carbocycles. The summed E-state index contributed by atoms with van der Waals surface area (Å²) in [6.45, 7) is 1.93. The average molecular weight is 323 g/mol. The minimum absolute atomic E-state index is 0.0194. The zero-order valence-electron chi connectivity index (χ0n) is 13.3. The van der Waals surface area contributed by atoms with Crippen molar-refractivity contribution >= 4 is 18.6 Å². The predicted molar refractivity (Wildman–Crippen MR) is 90.5 cm³/mol. The van der Waals surface area contributed by atoms with E-state index < -0.39 is 0 Å². The van der Waals surface area contributed by atoms with Gasteiger partial charge in [-0.3, -0.25) is 9.69 Å². The number of methoxy groups -OCH3 is 2. The summed E-state index contributed by atoms with van der Waals surface area (Å²) in [6.07, 6.45) is 3.85. The fourth-order valence-electron chi connectivity index (χ4n) is 3.00. The number of nitrogens with zero attached hydrogens (tertiary/aromatic N) is 1. The number of ether oxygens (including phenoxy) is 2. The molecule has 2 atom stereocenters. The van der Waals surface area contributed by atoms with E-state index >= 15 is 0 Å². The third-order valence-electron chi connectivity index (χ3n) is 4.26. The average Bonchev–Trinajstić information content (AvgIpc) is 2.55. The van der Waals surface area contributed by atoms with E-state index in [-0.39, 0.29) is 11.2 Å². The first-order valence-corrected chi connectivity index (χ1v) is 8.27. The van der Waals surface area contributed by atoms with Gasteiger partial charge < -0.3 is 9.47 Å². The van der Waals surface area contributed by atoms with E-state index in [1.807, 2.05) is 12.1 Å². The highest BCUT2D eigenvalue weighted by Crippen LogP contribution is 2.26. The van der Waals surface area contributed by atoms with E-state index in [4.69, 9.17) is 9.47 Å². The molecule has 0 bridgehead atoms. The van der Waals surface area contributed by atoms with Gasteiger partial charge in [-0.1, -0.05) is 18.6 Å². The quantitative estimate of drug-likeness (QED) is 0.645. The molecule has 0 amide bonds. The Morgan fingerprint density at radius 1 is 1.32 bits per heavy atom. The van der Waals surface area contributed by atoms with Crippen LogP contribution in [0.5, 0.6) is 5.75 Å². The summed E-state index contributed by atoms with van der Waals surface area (Å²) in [5, 5.41) is 0.0194. The summed E-state index contributed by atoms with van der Waals surface area (Å²) in [5.74, 6) is 0.687. The number of likely N-dealkylation sites (tertiary alicyclic amines) is 1. The molecule has 22 heavy (non-hydrogen) atoms. The number of hydrogen-bond acceptors (Lipinski definition) is 5. The van der Waals surface area contributed by atoms with Crippen molar-refractivity contribution in [1.29, 1.82) is 0 Å². The molecule has 1 aliphatic heterocycles. The van der Waals surface area contributed by atoms with Crippen LogP contribution in [-0.2, 0) is 16.1 Å². The Labute approximate surface area is 138 Å². The van der Waals surface area contributed by atoms with Gasteiger partial charge in [0.05, 0.1) is 20.6 Å². The molecule has 0 aliphatic carbocycles. The molecular weight excluding hydrogens is 298 g/mol. The molecule has 1 fully saturated rings. The van der Waals surface area contributed by atoms with Crippen molar-refractivity contribution in [2.75, 3.05) is 20.8 Å². The number of piperidine rings is 1. The molecule has 1 heterocycles. The Hall–Kier alpha value is -1.20. The molecule has 0 N–H and O–H groups in total. The third-order valence-corrected chi connectivity index (χ3v) is 4.78. The van der Waals surface area contributed by atoms with Crippen molar-refractivity contribution in [1.82, 2.24) is 4.90 Å². The monoisotopic (exact) mass is 323 g/mol. The van der Waals surface area contributed by atoms with Crippen LogP contribution in [0.15, 0.2) is 24.3 Å². The lowest BCUT2D eigenvalue weighted by molar-refractivity contribution is -0.140.